The summed E-state index contributed by atoms with van der Waals surface area (Å²) in [6, 6.07) is 8.88. The summed E-state index contributed by atoms with van der Waals surface area (Å²) in [4.78, 5) is 24.3. The number of aliphatic hydroxyl groups excluding tert-OH is 5. The van der Waals surface area contributed by atoms with Crippen LogP contribution in [0, 0.1) is 0 Å². The molecular formula is C23H28O11. The fraction of sp³-hybridized carbons (Fsp3) is 0.478. The summed E-state index contributed by atoms with van der Waals surface area (Å²) >= 11 is 0. The van der Waals surface area contributed by atoms with Crippen LogP contribution in [0.1, 0.15) is 12.0 Å². The molecule has 11 nitrogen and oxygen atoms in total. The van der Waals surface area contributed by atoms with Crippen LogP contribution in [-0.4, -0.2) is 100 Å². The van der Waals surface area contributed by atoms with Gasteiger partial charge in [0.25, 0.3) is 0 Å². The molecular weight excluding hydrogens is 452 g/mol. The van der Waals surface area contributed by atoms with E-state index in [2.05, 4.69) is 4.74 Å². The monoisotopic (exact) mass is 480 g/mol. The molecule has 186 valence electrons. The normalized spacial score (nSPS) is 33.9. The van der Waals surface area contributed by atoms with E-state index in [4.69, 9.17) is 14.2 Å². The number of carbonyl (C=O) groups is 2. The van der Waals surface area contributed by atoms with Gasteiger partial charge >= 0.3 is 11.9 Å². The molecule has 11 heteroatoms. The molecule has 1 aliphatic heterocycles. The summed E-state index contributed by atoms with van der Waals surface area (Å²) in [6.07, 6.45) is -8.30. The largest absolute Gasteiger partial charge is 0.466 e. The van der Waals surface area contributed by atoms with E-state index in [0.29, 0.717) is 0 Å². The molecule has 3 rings (SSSR count). The van der Waals surface area contributed by atoms with Crippen molar-refractivity contribution >= 4 is 18.0 Å². The van der Waals surface area contributed by atoms with Crippen LogP contribution in [0.15, 0.2) is 48.1 Å². The lowest BCUT2D eigenvalue weighted by molar-refractivity contribution is -0.320. The average Bonchev–Trinajstić information content (AvgIpc) is 2.84. The molecule has 1 aromatic carbocycles. The number of esters is 2. The van der Waals surface area contributed by atoms with Crippen LogP contribution >= 0.6 is 0 Å². The molecule has 1 aliphatic carbocycles. The van der Waals surface area contributed by atoms with Crippen LogP contribution in [0.4, 0.5) is 0 Å². The number of benzene rings is 1. The third-order valence-corrected chi connectivity index (χ3v) is 5.57. The van der Waals surface area contributed by atoms with E-state index >= 15 is 0 Å². The quantitative estimate of drug-likeness (QED) is 0.231. The molecule has 5 N–H and O–H groups in total. The molecule has 1 fully saturated rings. The number of ether oxygens (including phenoxy) is 4. The zero-order valence-electron chi connectivity index (χ0n) is 18.3. The smallest absolute Gasteiger partial charge is 0.333 e. The molecule has 0 spiro atoms. The number of hydrogen-bond acceptors (Lipinski definition) is 11. The van der Waals surface area contributed by atoms with Gasteiger partial charge in [0.2, 0.25) is 0 Å². The predicted octanol–water partition coefficient (Wildman–Crippen LogP) is -1.34. The van der Waals surface area contributed by atoms with Crippen molar-refractivity contribution in [1.82, 2.24) is 0 Å². The van der Waals surface area contributed by atoms with E-state index in [0.717, 1.165) is 24.8 Å². The zero-order valence-corrected chi connectivity index (χ0v) is 18.3. The van der Waals surface area contributed by atoms with Crippen molar-refractivity contribution in [2.75, 3.05) is 13.7 Å². The van der Waals surface area contributed by atoms with E-state index in [-0.39, 0.29) is 12.0 Å². The molecule has 0 aromatic heterocycles. The van der Waals surface area contributed by atoms with Crippen LogP contribution in [0.2, 0.25) is 0 Å². The lowest BCUT2D eigenvalue weighted by Gasteiger charge is -2.43. The van der Waals surface area contributed by atoms with Gasteiger partial charge in [-0.3, -0.25) is 0 Å². The van der Waals surface area contributed by atoms with Crippen LogP contribution in [-0.2, 0) is 28.5 Å². The van der Waals surface area contributed by atoms with E-state index in [1.165, 1.54) is 6.08 Å². The van der Waals surface area contributed by atoms with Crippen molar-refractivity contribution in [3.8, 4) is 0 Å². The first-order chi connectivity index (χ1) is 16.2. The molecule has 34 heavy (non-hydrogen) atoms. The van der Waals surface area contributed by atoms with Crippen molar-refractivity contribution in [3.63, 3.8) is 0 Å². The minimum absolute atomic E-state index is 0.0414. The van der Waals surface area contributed by atoms with Gasteiger partial charge in [-0.05, 0) is 17.7 Å². The number of methoxy groups -OCH3 is 1. The van der Waals surface area contributed by atoms with E-state index in [1.54, 1.807) is 24.3 Å². The van der Waals surface area contributed by atoms with Crippen LogP contribution in [0.3, 0.4) is 0 Å². The fourth-order valence-corrected chi connectivity index (χ4v) is 3.71. The third kappa shape index (κ3) is 6.07. The lowest BCUT2D eigenvalue weighted by Crippen LogP contribution is -2.61. The van der Waals surface area contributed by atoms with Crippen molar-refractivity contribution in [2.45, 2.75) is 55.4 Å². The Balaban J connectivity index is 1.77. The topological polar surface area (TPSA) is 172 Å². The second-order valence-electron chi connectivity index (χ2n) is 7.90. The van der Waals surface area contributed by atoms with Gasteiger partial charge in [-0.1, -0.05) is 30.3 Å². The maximum absolute atomic E-state index is 12.4. The van der Waals surface area contributed by atoms with E-state index in [1.807, 2.05) is 6.07 Å². The first-order valence-electron chi connectivity index (χ1n) is 10.6. The molecule has 8 atom stereocenters. The standard InChI is InChI=1S/C23H28O11/c1-31-22(30)13-9-14(25)18(27)15(10-13)32-23-21(20(29)19(28)16(11-24)33-23)34-17(26)8-7-12-5-3-2-4-6-12/h2-9,14-16,18-21,23-25,27-29H,10-11H2,1H3/b8-7+/t14-,15-,16-,18-,19-,20+,21-,23-/m1/s1. The molecule has 0 unspecified atom stereocenters. The van der Waals surface area contributed by atoms with Gasteiger partial charge in [0.05, 0.1) is 19.8 Å². The maximum atomic E-state index is 12.4. The van der Waals surface area contributed by atoms with Gasteiger partial charge in [0.15, 0.2) is 12.4 Å². The molecule has 0 bridgehead atoms. The van der Waals surface area contributed by atoms with E-state index in [9.17, 15) is 35.1 Å². The second-order valence-corrected chi connectivity index (χ2v) is 7.90. The highest BCUT2D eigenvalue weighted by Crippen LogP contribution is 2.30. The Morgan fingerprint density at radius 3 is 2.44 bits per heavy atom. The van der Waals surface area contributed by atoms with Gasteiger partial charge in [0.1, 0.15) is 30.5 Å². The first kappa shape index (κ1) is 26.0. The molecule has 0 saturated carbocycles. The molecule has 1 saturated heterocycles. The van der Waals surface area contributed by atoms with Crippen molar-refractivity contribution in [2.24, 2.45) is 0 Å². The van der Waals surface area contributed by atoms with Gasteiger partial charge in [-0.25, -0.2) is 9.59 Å². The molecule has 1 aromatic rings. The lowest BCUT2D eigenvalue weighted by atomic mass is 9.91. The summed E-state index contributed by atoms with van der Waals surface area (Å²) in [5.74, 6) is -1.61. The molecule has 0 amide bonds. The molecule has 0 radical (unpaired) electrons. The average molecular weight is 480 g/mol. The van der Waals surface area contributed by atoms with Crippen molar-refractivity contribution in [1.29, 1.82) is 0 Å². The van der Waals surface area contributed by atoms with Gasteiger partial charge in [0, 0.05) is 18.1 Å². The van der Waals surface area contributed by atoms with E-state index < -0.39 is 67.6 Å². The highest BCUT2D eigenvalue weighted by atomic mass is 16.7. The molecule has 1 heterocycles. The van der Waals surface area contributed by atoms with Crippen molar-refractivity contribution < 1.29 is 54.1 Å². The second kappa shape index (κ2) is 11.7. The summed E-state index contributed by atoms with van der Waals surface area (Å²) in [5, 5.41) is 50.7. The summed E-state index contributed by atoms with van der Waals surface area (Å²) in [6.45, 7) is -0.685. The highest BCUT2D eigenvalue weighted by molar-refractivity contribution is 5.89. The Labute approximate surface area is 195 Å². The van der Waals surface area contributed by atoms with Gasteiger partial charge in [-0.2, -0.15) is 0 Å². The highest BCUT2D eigenvalue weighted by Gasteiger charge is 2.49. The Morgan fingerprint density at radius 1 is 1.09 bits per heavy atom. The summed E-state index contributed by atoms with van der Waals surface area (Å²) < 4.78 is 21.1. The third-order valence-electron chi connectivity index (χ3n) is 5.57. The first-order valence-corrected chi connectivity index (χ1v) is 10.6. The minimum atomic E-state index is -1.70. The Morgan fingerprint density at radius 2 is 1.79 bits per heavy atom. The fourth-order valence-electron chi connectivity index (χ4n) is 3.71. The minimum Gasteiger partial charge on any atom is -0.466 e. The van der Waals surface area contributed by atoms with Crippen LogP contribution < -0.4 is 0 Å². The van der Waals surface area contributed by atoms with Gasteiger partial charge < -0.3 is 44.5 Å². The SMILES string of the molecule is COC(=O)C1=C[C@@H](O)[C@@H](O)[C@H](O[C@@H]2O[C@H](CO)[C@@H](O)[C@H](O)[C@H]2OC(=O)/C=C/c2ccccc2)C1. The molecule has 2 aliphatic rings. The number of carbonyl (C=O) groups excluding carboxylic acids is 2. The van der Waals surface area contributed by atoms with Crippen LogP contribution in [0.5, 0.6) is 0 Å². The Bertz CT molecular complexity index is 899. The zero-order chi connectivity index (χ0) is 24.8. The summed E-state index contributed by atoms with van der Waals surface area (Å²) in [7, 11) is 1.16. The Hall–Kier alpha value is -2.64. The van der Waals surface area contributed by atoms with Crippen LogP contribution in [0.25, 0.3) is 6.08 Å². The number of rotatable bonds is 7. The Kier molecular flexibility index (Phi) is 8.91. The summed E-state index contributed by atoms with van der Waals surface area (Å²) in [5.41, 5.74) is 0.759. The number of hydrogen-bond donors (Lipinski definition) is 5. The van der Waals surface area contributed by atoms with Gasteiger partial charge in [-0.15, -0.1) is 0 Å². The predicted molar refractivity (Wildman–Crippen MR) is 115 cm³/mol. The maximum Gasteiger partial charge on any atom is 0.333 e. The van der Waals surface area contributed by atoms with Crippen molar-refractivity contribution in [3.05, 3.63) is 53.6 Å². The number of aliphatic hydroxyl groups is 5.